The van der Waals surface area contributed by atoms with E-state index in [0.717, 1.165) is 4.47 Å². The van der Waals surface area contributed by atoms with Crippen LogP contribution in [0.25, 0.3) is 0 Å². The Morgan fingerprint density at radius 1 is 1.21 bits per heavy atom. The van der Waals surface area contributed by atoms with Crippen molar-refractivity contribution in [1.82, 2.24) is 0 Å². The van der Waals surface area contributed by atoms with Crippen LogP contribution in [0.3, 0.4) is 0 Å². The molecular formula is C9H12BrNO2S. The molecule has 5 heteroatoms. The molecule has 0 aromatic heterocycles. The van der Waals surface area contributed by atoms with E-state index in [0.29, 0.717) is 0 Å². The van der Waals surface area contributed by atoms with E-state index >= 15 is 0 Å². The highest BCUT2D eigenvalue weighted by atomic mass is 79.9. The first-order valence-electron chi connectivity index (χ1n) is 4.04. The number of hydrogen-bond donors (Lipinski definition) is 1. The molecule has 0 unspecified atom stereocenters. The van der Waals surface area contributed by atoms with Gasteiger partial charge in [0.1, 0.15) is 4.87 Å². The van der Waals surface area contributed by atoms with Crippen LogP contribution in [0.15, 0.2) is 33.6 Å². The van der Waals surface area contributed by atoms with Crippen LogP contribution in [0.2, 0.25) is 0 Å². The minimum Gasteiger partial charge on any atom is -0.313 e. The first-order chi connectivity index (χ1) is 6.25. The van der Waals surface area contributed by atoms with Gasteiger partial charge in [0.15, 0.2) is 9.84 Å². The Balaban J connectivity index is 3.25. The van der Waals surface area contributed by atoms with Crippen LogP contribution in [0.4, 0.5) is 0 Å². The summed E-state index contributed by atoms with van der Waals surface area (Å²) >= 11 is 3.24. The van der Waals surface area contributed by atoms with E-state index in [4.69, 9.17) is 5.73 Å². The van der Waals surface area contributed by atoms with Crippen molar-refractivity contribution in [1.29, 1.82) is 0 Å². The van der Waals surface area contributed by atoms with Gasteiger partial charge in [-0.15, -0.1) is 0 Å². The van der Waals surface area contributed by atoms with Crippen molar-refractivity contribution in [2.24, 2.45) is 5.73 Å². The zero-order valence-corrected chi connectivity index (χ0v) is 10.4. The minimum absolute atomic E-state index is 0.244. The van der Waals surface area contributed by atoms with Crippen molar-refractivity contribution >= 4 is 25.8 Å². The lowest BCUT2D eigenvalue weighted by Gasteiger charge is -2.19. The van der Waals surface area contributed by atoms with Gasteiger partial charge in [-0.25, -0.2) is 8.42 Å². The van der Waals surface area contributed by atoms with Crippen LogP contribution in [0.5, 0.6) is 0 Å². The molecule has 0 radical (unpaired) electrons. The average Bonchev–Trinajstić information content (AvgIpc) is 2.03. The zero-order chi connectivity index (χ0) is 11.0. The molecule has 0 atom stereocenters. The first kappa shape index (κ1) is 11.7. The summed E-state index contributed by atoms with van der Waals surface area (Å²) in [7, 11) is -3.44. The molecule has 1 aromatic carbocycles. The Morgan fingerprint density at radius 3 is 2.00 bits per heavy atom. The Labute approximate surface area is 92.4 Å². The van der Waals surface area contributed by atoms with Crippen molar-refractivity contribution in [3.05, 3.63) is 28.7 Å². The topological polar surface area (TPSA) is 60.2 Å². The molecule has 0 fully saturated rings. The molecular weight excluding hydrogens is 266 g/mol. The fraction of sp³-hybridized carbons (Fsp3) is 0.333. The maximum absolute atomic E-state index is 11.8. The van der Waals surface area contributed by atoms with Gasteiger partial charge in [-0.05, 0) is 38.1 Å². The van der Waals surface area contributed by atoms with Crippen LogP contribution in [0, 0.1) is 0 Å². The summed E-state index contributed by atoms with van der Waals surface area (Å²) < 4.78 is 24.5. The van der Waals surface area contributed by atoms with Crippen molar-refractivity contribution in [3.8, 4) is 0 Å². The van der Waals surface area contributed by atoms with Crippen molar-refractivity contribution in [2.75, 3.05) is 0 Å². The van der Waals surface area contributed by atoms with Gasteiger partial charge in [0.05, 0.1) is 4.90 Å². The molecule has 0 heterocycles. The van der Waals surface area contributed by atoms with Crippen LogP contribution >= 0.6 is 15.9 Å². The number of halogens is 1. The Morgan fingerprint density at radius 2 is 1.64 bits per heavy atom. The van der Waals surface area contributed by atoms with Crippen LogP contribution in [-0.2, 0) is 9.84 Å². The third kappa shape index (κ3) is 2.16. The fourth-order valence-electron chi connectivity index (χ4n) is 0.917. The van der Waals surface area contributed by atoms with Gasteiger partial charge in [0.25, 0.3) is 0 Å². The van der Waals surface area contributed by atoms with E-state index in [9.17, 15) is 8.42 Å². The molecule has 0 bridgehead atoms. The molecule has 78 valence electrons. The summed E-state index contributed by atoms with van der Waals surface area (Å²) in [4.78, 5) is -1.01. The molecule has 0 saturated heterocycles. The van der Waals surface area contributed by atoms with Crippen molar-refractivity contribution in [2.45, 2.75) is 23.6 Å². The predicted octanol–water partition coefficient (Wildman–Crippen LogP) is 1.92. The van der Waals surface area contributed by atoms with Crippen molar-refractivity contribution < 1.29 is 8.42 Å². The normalized spacial score (nSPS) is 12.9. The summed E-state index contributed by atoms with van der Waals surface area (Å²) in [5.74, 6) is 0. The standard InChI is InChI=1S/C9H12BrNO2S/c1-9(2,11)14(12,13)8-5-3-7(10)4-6-8/h3-6H,11H2,1-2H3. The highest BCUT2D eigenvalue weighted by Gasteiger charge is 2.31. The van der Waals surface area contributed by atoms with Gasteiger partial charge in [-0.3, -0.25) is 0 Å². The summed E-state index contributed by atoms with van der Waals surface area (Å²) in [5.41, 5.74) is 5.58. The van der Waals surface area contributed by atoms with Crippen LogP contribution in [-0.4, -0.2) is 13.3 Å². The molecule has 1 aromatic rings. The minimum atomic E-state index is -3.44. The molecule has 0 aliphatic heterocycles. The highest BCUT2D eigenvalue weighted by molar-refractivity contribution is 9.10. The summed E-state index contributed by atoms with van der Waals surface area (Å²) in [6.07, 6.45) is 0. The second-order valence-corrected chi connectivity index (χ2v) is 7.01. The lowest BCUT2D eigenvalue weighted by atomic mass is 10.4. The lowest BCUT2D eigenvalue weighted by molar-refractivity contribution is 0.552. The molecule has 0 aliphatic rings. The van der Waals surface area contributed by atoms with Gasteiger partial charge in [-0.1, -0.05) is 15.9 Å². The SMILES string of the molecule is CC(C)(N)S(=O)(=O)c1ccc(Br)cc1. The Bertz CT molecular complexity index is 417. The molecule has 14 heavy (non-hydrogen) atoms. The summed E-state index contributed by atoms with van der Waals surface area (Å²) in [6.45, 7) is 2.95. The third-order valence-corrected chi connectivity index (χ3v) is 4.62. The first-order valence-corrected chi connectivity index (χ1v) is 6.32. The number of rotatable bonds is 2. The average molecular weight is 278 g/mol. The van der Waals surface area contributed by atoms with E-state index in [1.54, 1.807) is 12.1 Å². The number of nitrogens with two attached hydrogens (primary N) is 1. The van der Waals surface area contributed by atoms with Gasteiger partial charge >= 0.3 is 0 Å². The van der Waals surface area contributed by atoms with E-state index in [1.807, 2.05) is 0 Å². The van der Waals surface area contributed by atoms with E-state index < -0.39 is 14.7 Å². The number of sulfone groups is 1. The quantitative estimate of drug-likeness (QED) is 0.899. The van der Waals surface area contributed by atoms with Gasteiger partial charge in [-0.2, -0.15) is 0 Å². The lowest BCUT2D eigenvalue weighted by Crippen LogP contribution is -2.41. The molecule has 0 amide bonds. The van der Waals surface area contributed by atoms with Crippen LogP contribution in [0.1, 0.15) is 13.8 Å². The van der Waals surface area contributed by atoms with Gasteiger partial charge < -0.3 is 5.73 Å². The predicted molar refractivity (Wildman–Crippen MR) is 59.6 cm³/mol. The Hall–Kier alpha value is -0.390. The molecule has 2 N–H and O–H groups in total. The fourth-order valence-corrected chi connectivity index (χ4v) is 2.28. The maximum atomic E-state index is 11.8. The molecule has 0 spiro atoms. The zero-order valence-electron chi connectivity index (χ0n) is 7.99. The second kappa shape index (κ2) is 3.64. The number of benzene rings is 1. The molecule has 0 aliphatic carbocycles. The maximum Gasteiger partial charge on any atom is 0.196 e. The molecule has 0 saturated carbocycles. The molecule has 3 nitrogen and oxygen atoms in total. The van der Waals surface area contributed by atoms with Gasteiger partial charge in [0.2, 0.25) is 0 Å². The monoisotopic (exact) mass is 277 g/mol. The van der Waals surface area contributed by atoms with E-state index in [-0.39, 0.29) is 4.90 Å². The van der Waals surface area contributed by atoms with Crippen molar-refractivity contribution in [3.63, 3.8) is 0 Å². The third-order valence-electron chi connectivity index (χ3n) is 1.82. The van der Waals surface area contributed by atoms with Gasteiger partial charge in [0, 0.05) is 4.47 Å². The second-order valence-electron chi connectivity index (χ2n) is 3.56. The summed E-state index contributed by atoms with van der Waals surface area (Å²) in [5, 5.41) is 0. The molecule has 1 rings (SSSR count). The summed E-state index contributed by atoms with van der Waals surface area (Å²) in [6, 6.07) is 6.43. The van der Waals surface area contributed by atoms with E-state index in [1.165, 1.54) is 26.0 Å². The highest BCUT2D eigenvalue weighted by Crippen LogP contribution is 2.22. The Kier molecular flexibility index (Phi) is 3.04. The van der Waals surface area contributed by atoms with E-state index in [2.05, 4.69) is 15.9 Å². The smallest absolute Gasteiger partial charge is 0.196 e. The number of hydrogen-bond acceptors (Lipinski definition) is 3. The van der Waals surface area contributed by atoms with Crippen LogP contribution < -0.4 is 5.73 Å². The largest absolute Gasteiger partial charge is 0.313 e.